The van der Waals surface area contributed by atoms with Crippen molar-refractivity contribution in [2.75, 3.05) is 32.0 Å². The van der Waals surface area contributed by atoms with Gasteiger partial charge in [-0.05, 0) is 51.5 Å². The van der Waals surface area contributed by atoms with Crippen LogP contribution in [0.15, 0.2) is 24.3 Å². The van der Waals surface area contributed by atoms with Gasteiger partial charge >= 0.3 is 0 Å². The SMILES string of the molecule is CN(CCC(=O)Nc1ccccc1Cl)C1CCCNCC1.Cl. The molecule has 2 N–H and O–H groups in total. The van der Waals surface area contributed by atoms with Gasteiger partial charge in [-0.15, -0.1) is 12.4 Å². The zero-order valence-corrected chi connectivity index (χ0v) is 14.6. The second kappa shape index (κ2) is 10.1. The average molecular weight is 346 g/mol. The minimum absolute atomic E-state index is 0. The Bertz CT molecular complexity index is 462. The van der Waals surface area contributed by atoms with Gasteiger partial charge < -0.3 is 15.5 Å². The molecule has 1 aliphatic heterocycles. The fourth-order valence-corrected chi connectivity index (χ4v) is 2.86. The lowest BCUT2D eigenvalue weighted by molar-refractivity contribution is -0.116. The molecule has 4 nitrogen and oxygen atoms in total. The first-order valence-corrected chi connectivity index (χ1v) is 8.00. The quantitative estimate of drug-likeness (QED) is 0.861. The zero-order chi connectivity index (χ0) is 15.1. The number of halogens is 2. The molecule has 1 atom stereocenters. The molecule has 0 saturated carbocycles. The zero-order valence-electron chi connectivity index (χ0n) is 13.0. The minimum Gasteiger partial charge on any atom is -0.325 e. The molecule has 6 heteroatoms. The third kappa shape index (κ3) is 6.13. The number of nitrogens with one attached hydrogen (secondary N) is 2. The van der Waals surface area contributed by atoms with Crippen LogP contribution in [0.1, 0.15) is 25.7 Å². The summed E-state index contributed by atoms with van der Waals surface area (Å²) in [5, 5.41) is 6.86. The van der Waals surface area contributed by atoms with Crippen molar-refractivity contribution in [2.24, 2.45) is 0 Å². The van der Waals surface area contributed by atoms with Crippen LogP contribution in [-0.2, 0) is 4.79 Å². The number of carbonyl (C=O) groups excluding carboxylic acids is 1. The van der Waals surface area contributed by atoms with Gasteiger partial charge in [-0.1, -0.05) is 23.7 Å². The molecular weight excluding hydrogens is 321 g/mol. The summed E-state index contributed by atoms with van der Waals surface area (Å²) >= 11 is 6.04. The maximum atomic E-state index is 12.0. The molecule has 1 fully saturated rings. The Labute approximate surface area is 144 Å². The van der Waals surface area contributed by atoms with E-state index in [0.29, 0.717) is 23.2 Å². The van der Waals surface area contributed by atoms with Gasteiger partial charge in [0.15, 0.2) is 0 Å². The molecule has 22 heavy (non-hydrogen) atoms. The van der Waals surface area contributed by atoms with E-state index < -0.39 is 0 Å². The number of hydrogen-bond donors (Lipinski definition) is 2. The molecule has 0 aromatic heterocycles. The molecular formula is C16H25Cl2N3O. The van der Waals surface area contributed by atoms with Gasteiger partial charge in [0.2, 0.25) is 5.91 Å². The highest BCUT2D eigenvalue weighted by Crippen LogP contribution is 2.20. The van der Waals surface area contributed by atoms with Gasteiger partial charge in [0.1, 0.15) is 0 Å². The first kappa shape index (κ1) is 19.2. The van der Waals surface area contributed by atoms with Crippen LogP contribution >= 0.6 is 24.0 Å². The number of rotatable bonds is 5. The largest absolute Gasteiger partial charge is 0.325 e. The molecule has 0 bridgehead atoms. The third-order valence-corrected chi connectivity index (χ3v) is 4.34. The van der Waals surface area contributed by atoms with Crippen LogP contribution in [0, 0.1) is 0 Å². The number of nitrogens with zero attached hydrogens (tertiary/aromatic N) is 1. The normalized spacial score (nSPS) is 18.4. The first-order valence-electron chi connectivity index (χ1n) is 7.62. The van der Waals surface area contributed by atoms with E-state index in [0.717, 1.165) is 26.1 Å². The molecule has 1 unspecified atom stereocenters. The van der Waals surface area contributed by atoms with Crippen molar-refractivity contribution in [2.45, 2.75) is 31.7 Å². The number of anilines is 1. The van der Waals surface area contributed by atoms with E-state index in [1.807, 2.05) is 18.2 Å². The van der Waals surface area contributed by atoms with Crippen LogP contribution in [0.2, 0.25) is 5.02 Å². The van der Waals surface area contributed by atoms with E-state index in [1.54, 1.807) is 6.07 Å². The number of hydrogen-bond acceptors (Lipinski definition) is 3. The Morgan fingerprint density at radius 1 is 1.36 bits per heavy atom. The second-order valence-electron chi connectivity index (χ2n) is 5.59. The van der Waals surface area contributed by atoms with Crippen molar-refractivity contribution in [3.05, 3.63) is 29.3 Å². The second-order valence-corrected chi connectivity index (χ2v) is 6.00. The lowest BCUT2D eigenvalue weighted by atomic mass is 10.1. The van der Waals surface area contributed by atoms with Crippen molar-refractivity contribution in [3.8, 4) is 0 Å². The lowest BCUT2D eigenvalue weighted by Gasteiger charge is -2.26. The van der Waals surface area contributed by atoms with Gasteiger partial charge in [0.25, 0.3) is 0 Å². The maximum absolute atomic E-state index is 12.0. The van der Waals surface area contributed by atoms with Crippen LogP contribution in [0.4, 0.5) is 5.69 Å². The van der Waals surface area contributed by atoms with Gasteiger partial charge in [0, 0.05) is 19.0 Å². The molecule has 1 heterocycles. The maximum Gasteiger partial charge on any atom is 0.225 e. The van der Waals surface area contributed by atoms with Crippen LogP contribution in [0.5, 0.6) is 0 Å². The smallest absolute Gasteiger partial charge is 0.225 e. The standard InChI is InChI=1S/C16H24ClN3O.ClH/c1-20(13-5-4-10-18-11-8-13)12-9-16(21)19-15-7-3-2-6-14(15)17;/h2-3,6-7,13,18H,4-5,8-12H2,1H3,(H,19,21);1H. The van der Waals surface area contributed by atoms with E-state index >= 15 is 0 Å². The number of carbonyl (C=O) groups is 1. The van der Waals surface area contributed by atoms with Crippen LogP contribution < -0.4 is 10.6 Å². The molecule has 1 amide bonds. The van der Waals surface area contributed by atoms with Crippen molar-refractivity contribution < 1.29 is 4.79 Å². The van der Waals surface area contributed by atoms with E-state index in [1.165, 1.54) is 12.8 Å². The summed E-state index contributed by atoms with van der Waals surface area (Å²) in [7, 11) is 2.11. The van der Waals surface area contributed by atoms with E-state index in [2.05, 4.69) is 22.6 Å². The highest BCUT2D eigenvalue weighted by molar-refractivity contribution is 6.33. The summed E-state index contributed by atoms with van der Waals surface area (Å²) in [6.07, 6.45) is 4.06. The van der Waals surface area contributed by atoms with Crippen molar-refractivity contribution in [1.82, 2.24) is 10.2 Å². The highest BCUT2D eigenvalue weighted by Gasteiger charge is 2.17. The molecule has 0 radical (unpaired) electrons. The van der Waals surface area contributed by atoms with E-state index in [-0.39, 0.29) is 18.3 Å². The van der Waals surface area contributed by atoms with E-state index in [4.69, 9.17) is 11.6 Å². The predicted molar refractivity (Wildman–Crippen MR) is 95.1 cm³/mol. The average Bonchev–Trinajstić information content (AvgIpc) is 2.76. The number of benzene rings is 1. The molecule has 1 aliphatic rings. The van der Waals surface area contributed by atoms with Crippen molar-refractivity contribution in [1.29, 1.82) is 0 Å². The fraction of sp³-hybridized carbons (Fsp3) is 0.562. The third-order valence-electron chi connectivity index (χ3n) is 4.01. The topological polar surface area (TPSA) is 44.4 Å². The lowest BCUT2D eigenvalue weighted by Crippen LogP contribution is -2.34. The van der Waals surface area contributed by atoms with E-state index in [9.17, 15) is 4.79 Å². The summed E-state index contributed by atoms with van der Waals surface area (Å²) in [5.74, 6) is 0.0155. The molecule has 1 aromatic carbocycles. The Kier molecular flexibility index (Phi) is 8.79. The van der Waals surface area contributed by atoms with Crippen molar-refractivity contribution in [3.63, 3.8) is 0 Å². The molecule has 0 spiro atoms. The van der Waals surface area contributed by atoms with Crippen molar-refractivity contribution >= 4 is 35.6 Å². The fourth-order valence-electron chi connectivity index (χ4n) is 2.68. The monoisotopic (exact) mass is 345 g/mol. The molecule has 1 aromatic rings. The van der Waals surface area contributed by atoms with Gasteiger partial charge in [-0.2, -0.15) is 0 Å². The van der Waals surface area contributed by atoms with Crippen LogP contribution in [0.3, 0.4) is 0 Å². The minimum atomic E-state index is 0. The molecule has 2 rings (SSSR count). The number of para-hydroxylation sites is 1. The van der Waals surface area contributed by atoms with Crippen LogP contribution in [0.25, 0.3) is 0 Å². The molecule has 0 aliphatic carbocycles. The summed E-state index contributed by atoms with van der Waals surface area (Å²) in [6, 6.07) is 7.90. The summed E-state index contributed by atoms with van der Waals surface area (Å²) in [6.45, 7) is 2.96. The first-order chi connectivity index (χ1) is 10.2. The summed E-state index contributed by atoms with van der Waals surface area (Å²) in [5.41, 5.74) is 0.686. The Hall–Kier alpha value is -0.810. The predicted octanol–water partition coefficient (Wildman–Crippen LogP) is 3.16. The summed E-state index contributed by atoms with van der Waals surface area (Å²) in [4.78, 5) is 14.3. The van der Waals surface area contributed by atoms with Crippen LogP contribution in [-0.4, -0.2) is 43.5 Å². The number of amides is 1. The molecule has 1 saturated heterocycles. The Morgan fingerprint density at radius 2 is 2.14 bits per heavy atom. The Morgan fingerprint density at radius 3 is 2.91 bits per heavy atom. The molecule has 124 valence electrons. The van der Waals surface area contributed by atoms with Gasteiger partial charge in [-0.3, -0.25) is 4.79 Å². The summed E-state index contributed by atoms with van der Waals surface area (Å²) < 4.78 is 0. The highest BCUT2D eigenvalue weighted by atomic mass is 35.5. The van der Waals surface area contributed by atoms with Gasteiger partial charge in [0.05, 0.1) is 10.7 Å². The van der Waals surface area contributed by atoms with Gasteiger partial charge in [-0.25, -0.2) is 0 Å². The Balaban J connectivity index is 0.00000242.